The van der Waals surface area contributed by atoms with Crippen molar-refractivity contribution in [3.63, 3.8) is 0 Å². The van der Waals surface area contributed by atoms with Gasteiger partial charge in [-0.05, 0) is 74.0 Å². The van der Waals surface area contributed by atoms with Gasteiger partial charge in [0.2, 0.25) is 0 Å². The number of halogens is 1. The van der Waals surface area contributed by atoms with Gasteiger partial charge in [0, 0.05) is 36.9 Å². The maximum atomic E-state index is 13.3. The van der Waals surface area contributed by atoms with Crippen LogP contribution in [0.4, 0.5) is 0 Å². The lowest BCUT2D eigenvalue weighted by Gasteiger charge is -2.30. The summed E-state index contributed by atoms with van der Waals surface area (Å²) in [6.45, 7) is 1.38. The average Bonchev–Trinajstić information content (AvgIpc) is 2.87. The third-order valence-electron chi connectivity index (χ3n) is 7.17. The van der Waals surface area contributed by atoms with E-state index in [1.165, 1.54) is 32.1 Å². The Kier molecular flexibility index (Phi) is 11.1. The molecule has 0 aliphatic heterocycles. The van der Waals surface area contributed by atoms with E-state index < -0.39 is 5.60 Å². The minimum atomic E-state index is -1.25. The van der Waals surface area contributed by atoms with Gasteiger partial charge in [0.25, 0.3) is 5.91 Å². The molecule has 3 N–H and O–H groups in total. The standard InChI is InChI=1S/C29H41ClN2O3/c1-31-21-27(18-22-10-4-3-5-11-22)32-28(33)23-12-8-13-24(19-23)29(34,16-6-7-17-35-2)25-14-9-15-26(30)20-25/h8-9,12-15,19-20,22,27,31,34H,3-7,10-11,16-18,21H2,1-2H3,(H,32,33). The summed E-state index contributed by atoms with van der Waals surface area (Å²) in [5.41, 5.74) is 0.735. The second-order valence-electron chi connectivity index (χ2n) is 9.87. The number of rotatable bonds is 13. The zero-order valence-electron chi connectivity index (χ0n) is 21.2. The molecule has 0 radical (unpaired) electrons. The van der Waals surface area contributed by atoms with Crippen LogP contribution < -0.4 is 10.6 Å². The van der Waals surface area contributed by atoms with Crippen LogP contribution in [0.25, 0.3) is 0 Å². The van der Waals surface area contributed by atoms with Crippen molar-refractivity contribution >= 4 is 17.5 Å². The minimum absolute atomic E-state index is 0.0834. The lowest BCUT2D eigenvalue weighted by atomic mass is 9.81. The highest BCUT2D eigenvalue weighted by atomic mass is 35.5. The van der Waals surface area contributed by atoms with E-state index in [4.69, 9.17) is 16.3 Å². The number of ether oxygens (including phenoxy) is 1. The van der Waals surface area contributed by atoms with Crippen molar-refractivity contribution < 1.29 is 14.6 Å². The Hall–Kier alpha value is -1.92. The molecule has 2 atom stereocenters. The van der Waals surface area contributed by atoms with Crippen LogP contribution in [0.1, 0.15) is 79.3 Å². The first kappa shape index (κ1) is 27.7. The summed E-state index contributed by atoms with van der Waals surface area (Å²) in [6.07, 6.45) is 9.53. The predicted octanol–water partition coefficient (Wildman–Crippen LogP) is 5.68. The molecule has 1 saturated carbocycles. The molecule has 192 valence electrons. The number of likely N-dealkylation sites (N-methyl/N-ethyl adjacent to an activating group) is 1. The number of hydrogen-bond donors (Lipinski definition) is 3. The maximum Gasteiger partial charge on any atom is 0.251 e. The van der Waals surface area contributed by atoms with Crippen molar-refractivity contribution in [3.8, 4) is 0 Å². The Labute approximate surface area is 215 Å². The molecule has 2 aromatic carbocycles. The number of methoxy groups -OCH3 is 1. The summed E-state index contributed by atoms with van der Waals surface area (Å²) < 4.78 is 5.19. The van der Waals surface area contributed by atoms with Crippen molar-refractivity contribution in [1.82, 2.24) is 10.6 Å². The first-order chi connectivity index (χ1) is 17.0. The Morgan fingerprint density at radius 3 is 2.51 bits per heavy atom. The SMILES string of the molecule is CNCC(CC1CCCCC1)NC(=O)c1cccc(C(O)(CCCCOC)c2cccc(Cl)c2)c1. The number of carbonyl (C=O) groups excluding carboxylic acids is 1. The molecule has 1 amide bonds. The van der Waals surface area contributed by atoms with E-state index in [1.807, 2.05) is 43.4 Å². The van der Waals surface area contributed by atoms with Gasteiger partial charge in [0.15, 0.2) is 0 Å². The molecule has 5 nitrogen and oxygen atoms in total. The van der Waals surface area contributed by atoms with Crippen molar-refractivity contribution in [1.29, 1.82) is 0 Å². The molecule has 0 heterocycles. The Bertz CT molecular complexity index is 932. The number of hydrogen-bond acceptors (Lipinski definition) is 4. The summed E-state index contributed by atoms with van der Waals surface area (Å²) in [5, 5.41) is 19.0. The second kappa shape index (κ2) is 14.0. The highest BCUT2D eigenvalue weighted by molar-refractivity contribution is 6.30. The van der Waals surface area contributed by atoms with Gasteiger partial charge in [0.05, 0.1) is 0 Å². The normalized spacial score (nSPS) is 17.0. The van der Waals surface area contributed by atoms with E-state index >= 15 is 0 Å². The van der Waals surface area contributed by atoms with Crippen LogP contribution in [-0.4, -0.2) is 44.4 Å². The average molecular weight is 501 g/mol. The fourth-order valence-electron chi connectivity index (χ4n) is 5.28. The van der Waals surface area contributed by atoms with Crippen molar-refractivity contribution in [2.24, 2.45) is 5.92 Å². The highest BCUT2D eigenvalue weighted by Crippen LogP contribution is 2.36. The van der Waals surface area contributed by atoms with Crippen molar-refractivity contribution in [2.75, 3.05) is 27.3 Å². The fraction of sp³-hybridized carbons (Fsp3) is 0.552. The first-order valence-corrected chi connectivity index (χ1v) is 13.4. The predicted molar refractivity (Wildman–Crippen MR) is 143 cm³/mol. The number of unbranched alkanes of at least 4 members (excludes halogenated alkanes) is 1. The molecule has 2 unspecified atom stereocenters. The molecule has 1 fully saturated rings. The molecule has 35 heavy (non-hydrogen) atoms. The molecular weight excluding hydrogens is 460 g/mol. The number of amides is 1. The van der Waals surface area contributed by atoms with E-state index in [9.17, 15) is 9.90 Å². The van der Waals surface area contributed by atoms with Crippen molar-refractivity contribution in [3.05, 3.63) is 70.2 Å². The van der Waals surface area contributed by atoms with Gasteiger partial charge < -0.3 is 20.5 Å². The number of carbonyl (C=O) groups is 1. The number of nitrogens with one attached hydrogen (secondary N) is 2. The smallest absolute Gasteiger partial charge is 0.251 e. The van der Waals surface area contributed by atoms with Crippen LogP contribution in [0.3, 0.4) is 0 Å². The van der Waals surface area contributed by atoms with E-state index in [2.05, 4.69) is 10.6 Å². The first-order valence-electron chi connectivity index (χ1n) is 13.0. The van der Waals surface area contributed by atoms with Gasteiger partial charge >= 0.3 is 0 Å². The number of benzene rings is 2. The number of aliphatic hydroxyl groups is 1. The zero-order chi connectivity index (χ0) is 25.1. The molecule has 0 bridgehead atoms. The molecule has 0 saturated heterocycles. The van der Waals surface area contributed by atoms with Gasteiger partial charge in [-0.3, -0.25) is 4.79 Å². The summed E-state index contributed by atoms with van der Waals surface area (Å²) in [7, 11) is 3.61. The van der Waals surface area contributed by atoms with Crippen LogP contribution in [0, 0.1) is 5.92 Å². The summed E-state index contributed by atoms with van der Waals surface area (Å²) >= 11 is 6.27. The Balaban J connectivity index is 1.80. The fourth-order valence-corrected chi connectivity index (χ4v) is 5.47. The molecule has 6 heteroatoms. The molecule has 0 spiro atoms. The Morgan fingerprint density at radius 2 is 1.83 bits per heavy atom. The molecule has 2 aromatic rings. The van der Waals surface area contributed by atoms with Crippen molar-refractivity contribution in [2.45, 2.75) is 69.4 Å². The summed E-state index contributed by atoms with van der Waals surface area (Å²) in [5.74, 6) is 0.574. The second-order valence-corrected chi connectivity index (χ2v) is 10.3. The lowest BCUT2D eigenvalue weighted by Crippen LogP contribution is -2.42. The quantitative estimate of drug-likeness (QED) is 0.309. The van der Waals surface area contributed by atoms with Gasteiger partial charge in [-0.2, -0.15) is 0 Å². The zero-order valence-corrected chi connectivity index (χ0v) is 21.9. The van der Waals surface area contributed by atoms with Crippen LogP contribution in [0.5, 0.6) is 0 Å². The minimum Gasteiger partial charge on any atom is -0.385 e. The van der Waals surface area contributed by atoms with Gasteiger partial charge in [-0.1, -0.05) is 68.0 Å². The molecule has 3 rings (SSSR count). The summed E-state index contributed by atoms with van der Waals surface area (Å²) in [6, 6.07) is 14.8. The van der Waals surface area contributed by atoms with Gasteiger partial charge in [0.1, 0.15) is 5.60 Å². The topological polar surface area (TPSA) is 70.6 Å². The third-order valence-corrected chi connectivity index (χ3v) is 7.40. The van der Waals surface area contributed by atoms with Crippen LogP contribution in [0.2, 0.25) is 5.02 Å². The largest absolute Gasteiger partial charge is 0.385 e. The van der Waals surface area contributed by atoms with Gasteiger partial charge in [-0.25, -0.2) is 0 Å². The van der Waals surface area contributed by atoms with E-state index in [0.717, 1.165) is 31.4 Å². The monoisotopic (exact) mass is 500 g/mol. The van der Waals surface area contributed by atoms with E-state index in [-0.39, 0.29) is 11.9 Å². The Morgan fingerprint density at radius 1 is 1.11 bits per heavy atom. The van der Waals surface area contributed by atoms with Crippen LogP contribution >= 0.6 is 11.6 Å². The maximum absolute atomic E-state index is 13.3. The molecule has 1 aliphatic carbocycles. The van der Waals surface area contributed by atoms with E-state index in [1.54, 1.807) is 19.2 Å². The highest BCUT2D eigenvalue weighted by Gasteiger charge is 2.32. The molecule has 0 aromatic heterocycles. The van der Waals surface area contributed by atoms with E-state index in [0.29, 0.717) is 35.1 Å². The third kappa shape index (κ3) is 8.04. The summed E-state index contributed by atoms with van der Waals surface area (Å²) in [4.78, 5) is 13.3. The lowest BCUT2D eigenvalue weighted by molar-refractivity contribution is 0.0650. The van der Waals surface area contributed by atoms with Crippen LogP contribution in [-0.2, 0) is 10.3 Å². The van der Waals surface area contributed by atoms with Crippen LogP contribution in [0.15, 0.2) is 48.5 Å². The molecular formula is C29H41ClN2O3. The molecule has 1 aliphatic rings. The van der Waals surface area contributed by atoms with Gasteiger partial charge in [-0.15, -0.1) is 0 Å².